The zero-order valence-corrected chi connectivity index (χ0v) is 11.2. The molecule has 0 bridgehead atoms. The number of carbonyl (C=O) groups is 1. The van der Waals surface area contributed by atoms with Crippen LogP contribution in [0.3, 0.4) is 0 Å². The quantitative estimate of drug-likeness (QED) is 0.873. The van der Waals surface area contributed by atoms with Gasteiger partial charge in [0.1, 0.15) is 0 Å². The lowest BCUT2D eigenvalue weighted by molar-refractivity contribution is -0.116. The van der Waals surface area contributed by atoms with Crippen molar-refractivity contribution in [3.63, 3.8) is 0 Å². The van der Waals surface area contributed by atoms with Crippen molar-refractivity contribution >= 4 is 27.5 Å². The molecule has 0 fully saturated rings. The molecule has 1 unspecified atom stereocenters. The molecule has 1 aromatic rings. The monoisotopic (exact) mass is 284 g/mol. The van der Waals surface area contributed by atoms with Crippen LogP contribution in [0, 0.1) is 0 Å². The Kier molecular flexibility index (Phi) is 5.49. The number of halogens is 1. The van der Waals surface area contributed by atoms with Gasteiger partial charge in [0.25, 0.3) is 0 Å². The fraction of sp³-hybridized carbons (Fsp3) is 0.417. The van der Waals surface area contributed by atoms with Crippen molar-refractivity contribution < 1.29 is 4.79 Å². The lowest BCUT2D eigenvalue weighted by Crippen LogP contribution is -2.30. The number of para-hydroxylation sites is 1. The molecule has 0 saturated heterocycles. The third kappa shape index (κ3) is 4.33. The van der Waals surface area contributed by atoms with Gasteiger partial charge in [0, 0.05) is 16.9 Å². The van der Waals surface area contributed by atoms with Crippen LogP contribution in [0.4, 0.5) is 5.69 Å². The van der Waals surface area contributed by atoms with Crippen molar-refractivity contribution in [2.75, 3.05) is 11.9 Å². The molecule has 88 valence electrons. The van der Waals surface area contributed by atoms with Crippen LogP contribution in [0.1, 0.15) is 20.3 Å². The predicted octanol–water partition coefficient (Wildman–Crippen LogP) is 2.78. The normalized spacial score (nSPS) is 12.2. The average Bonchev–Trinajstić information content (AvgIpc) is 2.21. The summed E-state index contributed by atoms with van der Waals surface area (Å²) >= 11 is 3.39. The van der Waals surface area contributed by atoms with Gasteiger partial charge in [-0.25, -0.2) is 0 Å². The molecule has 3 nitrogen and oxygen atoms in total. The molecule has 2 N–H and O–H groups in total. The first-order valence-electron chi connectivity index (χ1n) is 5.41. The van der Waals surface area contributed by atoms with Crippen molar-refractivity contribution in [1.29, 1.82) is 0 Å². The van der Waals surface area contributed by atoms with E-state index in [1.54, 1.807) is 0 Å². The van der Waals surface area contributed by atoms with Crippen LogP contribution in [0.15, 0.2) is 28.7 Å². The molecule has 1 rings (SSSR count). The first-order valence-corrected chi connectivity index (χ1v) is 6.20. The number of rotatable bonds is 5. The van der Waals surface area contributed by atoms with Crippen LogP contribution in [0.25, 0.3) is 0 Å². The first-order chi connectivity index (χ1) is 7.63. The van der Waals surface area contributed by atoms with Gasteiger partial charge in [0.05, 0.1) is 5.69 Å². The summed E-state index contributed by atoms with van der Waals surface area (Å²) in [5.74, 6) is 0.0281. The first kappa shape index (κ1) is 13.2. The highest BCUT2D eigenvalue weighted by molar-refractivity contribution is 9.10. The van der Waals surface area contributed by atoms with Crippen LogP contribution in [0.5, 0.6) is 0 Å². The van der Waals surface area contributed by atoms with Crippen LogP contribution < -0.4 is 10.6 Å². The van der Waals surface area contributed by atoms with Crippen LogP contribution >= 0.6 is 15.9 Å². The third-order valence-electron chi connectivity index (χ3n) is 2.19. The van der Waals surface area contributed by atoms with Crippen molar-refractivity contribution in [3.8, 4) is 0 Å². The Morgan fingerprint density at radius 3 is 2.75 bits per heavy atom. The van der Waals surface area contributed by atoms with Gasteiger partial charge < -0.3 is 10.6 Å². The number of hydrogen-bond donors (Lipinski definition) is 2. The van der Waals surface area contributed by atoms with Gasteiger partial charge in [-0.2, -0.15) is 0 Å². The van der Waals surface area contributed by atoms with Crippen molar-refractivity contribution in [2.24, 2.45) is 0 Å². The summed E-state index contributed by atoms with van der Waals surface area (Å²) < 4.78 is 0.902. The van der Waals surface area contributed by atoms with Gasteiger partial charge in [-0.3, -0.25) is 4.79 Å². The van der Waals surface area contributed by atoms with E-state index in [9.17, 15) is 4.79 Å². The largest absolute Gasteiger partial charge is 0.325 e. The SMILES string of the molecule is CCNC(C)CC(=O)Nc1ccccc1Br. The Morgan fingerprint density at radius 1 is 1.44 bits per heavy atom. The highest BCUT2D eigenvalue weighted by Gasteiger charge is 2.09. The lowest BCUT2D eigenvalue weighted by atomic mass is 10.2. The molecular formula is C12H17BrN2O. The second-order valence-corrected chi connectivity index (χ2v) is 4.55. The van der Waals surface area contributed by atoms with Gasteiger partial charge in [0.2, 0.25) is 5.91 Å². The maximum Gasteiger partial charge on any atom is 0.225 e. The van der Waals surface area contributed by atoms with Gasteiger partial charge in [0.15, 0.2) is 0 Å². The molecule has 4 heteroatoms. The zero-order valence-electron chi connectivity index (χ0n) is 9.59. The topological polar surface area (TPSA) is 41.1 Å². The summed E-state index contributed by atoms with van der Waals surface area (Å²) in [6, 6.07) is 7.80. The maximum atomic E-state index is 11.7. The highest BCUT2D eigenvalue weighted by Crippen LogP contribution is 2.21. The Balaban J connectivity index is 2.49. The number of hydrogen-bond acceptors (Lipinski definition) is 2. The molecule has 16 heavy (non-hydrogen) atoms. The molecular weight excluding hydrogens is 268 g/mol. The van der Waals surface area contributed by atoms with Gasteiger partial charge in [-0.05, 0) is 41.5 Å². The summed E-state index contributed by atoms with van der Waals surface area (Å²) in [5, 5.41) is 6.08. The standard InChI is InChI=1S/C12H17BrN2O/c1-3-14-9(2)8-12(16)15-11-7-5-4-6-10(11)13/h4-7,9,14H,3,8H2,1-2H3,(H,15,16). The number of amides is 1. The van der Waals surface area contributed by atoms with E-state index in [2.05, 4.69) is 26.6 Å². The third-order valence-corrected chi connectivity index (χ3v) is 2.88. The van der Waals surface area contributed by atoms with E-state index >= 15 is 0 Å². The van der Waals surface area contributed by atoms with Crippen molar-refractivity contribution in [3.05, 3.63) is 28.7 Å². The van der Waals surface area contributed by atoms with E-state index in [4.69, 9.17) is 0 Å². The summed E-state index contributed by atoms with van der Waals surface area (Å²) in [5.41, 5.74) is 0.816. The number of carbonyl (C=O) groups excluding carboxylic acids is 1. The fourth-order valence-corrected chi connectivity index (χ4v) is 1.85. The van der Waals surface area contributed by atoms with E-state index < -0.39 is 0 Å². The Hall–Kier alpha value is -0.870. The Labute approximate surface area is 105 Å². The minimum absolute atomic E-state index is 0.0281. The molecule has 0 heterocycles. The molecule has 0 saturated carbocycles. The molecule has 0 aliphatic rings. The van der Waals surface area contributed by atoms with Crippen molar-refractivity contribution in [1.82, 2.24) is 5.32 Å². The van der Waals surface area contributed by atoms with Crippen LogP contribution in [-0.2, 0) is 4.79 Å². The molecule has 1 aromatic carbocycles. The molecule has 0 aromatic heterocycles. The summed E-state index contributed by atoms with van der Waals surface area (Å²) in [4.78, 5) is 11.7. The van der Waals surface area contributed by atoms with Gasteiger partial charge in [-0.15, -0.1) is 0 Å². The fourth-order valence-electron chi connectivity index (χ4n) is 1.46. The summed E-state index contributed by atoms with van der Waals surface area (Å²) in [6.45, 7) is 4.91. The predicted molar refractivity (Wildman–Crippen MR) is 70.5 cm³/mol. The molecule has 0 aliphatic carbocycles. The minimum Gasteiger partial charge on any atom is -0.325 e. The number of benzene rings is 1. The molecule has 0 aliphatic heterocycles. The van der Waals surface area contributed by atoms with E-state index in [1.165, 1.54) is 0 Å². The number of anilines is 1. The minimum atomic E-state index is 0.0281. The zero-order chi connectivity index (χ0) is 12.0. The van der Waals surface area contributed by atoms with E-state index in [0.717, 1.165) is 16.7 Å². The van der Waals surface area contributed by atoms with Crippen molar-refractivity contribution in [2.45, 2.75) is 26.3 Å². The molecule has 0 radical (unpaired) electrons. The second-order valence-electron chi connectivity index (χ2n) is 3.69. The van der Waals surface area contributed by atoms with Gasteiger partial charge in [-0.1, -0.05) is 19.1 Å². The highest BCUT2D eigenvalue weighted by atomic mass is 79.9. The maximum absolute atomic E-state index is 11.7. The lowest BCUT2D eigenvalue weighted by Gasteiger charge is -2.12. The molecule has 1 amide bonds. The Bertz CT molecular complexity index is 355. The molecule has 0 spiro atoms. The smallest absolute Gasteiger partial charge is 0.225 e. The van der Waals surface area contributed by atoms with E-state index in [-0.39, 0.29) is 11.9 Å². The van der Waals surface area contributed by atoms with Crippen LogP contribution in [0.2, 0.25) is 0 Å². The van der Waals surface area contributed by atoms with E-state index in [1.807, 2.05) is 38.1 Å². The summed E-state index contributed by atoms with van der Waals surface area (Å²) in [7, 11) is 0. The molecule has 1 atom stereocenters. The Morgan fingerprint density at radius 2 is 2.12 bits per heavy atom. The average molecular weight is 285 g/mol. The second kappa shape index (κ2) is 6.66. The van der Waals surface area contributed by atoms with Gasteiger partial charge >= 0.3 is 0 Å². The summed E-state index contributed by atoms with van der Waals surface area (Å²) in [6.07, 6.45) is 0.481. The number of nitrogens with one attached hydrogen (secondary N) is 2. The van der Waals surface area contributed by atoms with Crippen LogP contribution in [-0.4, -0.2) is 18.5 Å². The van der Waals surface area contributed by atoms with E-state index in [0.29, 0.717) is 6.42 Å².